The van der Waals surface area contributed by atoms with E-state index in [1.807, 2.05) is 30.5 Å². The SMILES string of the molecule is CCC(CC)(C(=O)c1ccc(SC)cc1)N1CCOCC1. The molecule has 0 N–H and O–H groups in total. The maximum absolute atomic E-state index is 13.1. The van der Waals surface area contributed by atoms with E-state index in [0.717, 1.165) is 44.7 Å². The number of morpholine rings is 1. The fourth-order valence-corrected chi connectivity index (χ4v) is 3.57. The number of ketones is 1. The first-order chi connectivity index (χ1) is 10.2. The Balaban J connectivity index is 2.28. The van der Waals surface area contributed by atoms with Gasteiger partial charge in [-0.3, -0.25) is 9.69 Å². The van der Waals surface area contributed by atoms with Crippen molar-refractivity contribution in [3.63, 3.8) is 0 Å². The number of hydrogen-bond acceptors (Lipinski definition) is 4. The van der Waals surface area contributed by atoms with Gasteiger partial charge in [-0.25, -0.2) is 0 Å². The molecule has 116 valence electrons. The van der Waals surface area contributed by atoms with Gasteiger partial charge in [-0.15, -0.1) is 11.8 Å². The number of benzene rings is 1. The van der Waals surface area contributed by atoms with Crippen LogP contribution >= 0.6 is 11.8 Å². The van der Waals surface area contributed by atoms with Gasteiger partial charge in [0.05, 0.1) is 18.8 Å². The molecule has 2 rings (SSSR count). The van der Waals surface area contributed by atoms with Crippen molar-refractivity contribution in [2.75, 3.05) is 32.6 Å². The monoisotopic (exact) mass is 307 g/mol. The van der Waals surface area contributed by atoms with Gasteiger partial charge in [0.1, 0.15) is 0 Å². The van der Waals surface area contributed by atoms with Crippen LogP contribution in [0.2, 0.25) is 0 Å². The molecule has 0 saturated carbocycles. The quantitative estimate of drug-likeness (QED) is 0.594. The molecule has 3 nitrogen and oxygen atoms in total. The van der Waals surface area contributed by atoms with Crippen molar-refractivity contribution in [3.05, 3.63) is 29.8 Å². The summed E-state index contributed by atoms with van der Waals surface area (Å²) in [4.78, 5) is 16.7. The molecule has 0 amide bonds. The van der Waals surface area contributed by atoms with Gasteiger partial charge in [0.15, 0.2) is 5.78 Å². The minimum atomic E-state index is -0.384. The van der Waals surface area contributed by atoms with Crippen molar-refractivity contribution in [2.24, 2.45) is 0 Å². The first kappa shape index (κ1) is 16.5. The summed E-state index contributed by atoms with van der Waals surface area (Å²) in [6.45, 7) is 7.37. The van der Waals surface area contributed by atoms with Crippen molar-refractivity contribution in [1.29, 1.82) is 0 Å². The van der Waals surface area contributed by atoms with E-state index in [0.29, 0.717) is 0 Å². The molecule has 1 aliphatic heterocycles. The fraction of sp³-hybridized carbons (Fsp3) is 0.588. The third-order valence-electron chi connectivity index (χ3n) is 4.56. The Labute approximate surface area is 132 Å². The smallest absolute Gasteiger partial charge is 0.183 e. The standard InChI is InChI=1S/C17H25NO2S/c1-4-17(5-2,18-10-12-20-13-11-18)16(19)14-6-8-15(21-3)9-7-14/h6-9H,4-5,10-13H2,1-3H3. The lowest BCUT2D eigenvalue weighted by Gasteiger charge is -2.43. The highest BCUT2D eigenvalue weighted by atomic mass is 32.2. The lowest BCUT2D eigenvalue weighted by atomic mass is 9.82. The molecule has 0 aromatic heterocycles. The van der Waals surface area contributed by atoms with Crippen molar-refractivity contribution >= 4 is 17.5 Å². The molecule has 4 heteroatoms. The molecule has 1 fully saturated rings. The van der Waals surface area contributed by atoms with Gasteiger partial charge in [0.2, 0.25) is 0 Å². The Kier molecular flexibility index (Phi) is 5.85. The van der Waals surface area contributed by atoms with E-state index < -0.39 is 0 Å². The van der Waals surface area contributed by atoms with E-state index in [9.17, 15) is 4.79 Å². The number of ether oxygens (including phenoxy) is 1. The highest BCUT2D eigenvalue weighted by molar-refractivity contribution is 7.98. The molecule has 1 aromatic carbocycles. The fourth-order valence-electron chi connectivity index (χ4n) is 3.16. The molecular formula is C17H25NO2S. The Bertz CT molecular complexity index is 462. The van der Waals surface area contributed by atoms with Crippen LogP contribution in [0.15, 0.2) is 29.2 Å². The summed E-state index contributed by atoms with van der Waals surface area (Å²) < 4.78 is 5.44. The maximum Gasteiger partial charge on any atom is 0.183 e. The van der Waals surface area contributed by atoms with Gasteiger partial charge < -0.3 is 4.74 Å². The second-order valence-corrected chi connectivity index (χ2v) is 6.28. The lowest BCUT2D eigenvalue weighted by molar-refractivity contribution is -0.0175. The first-order valence-electron chi connectivity index (χ1n) is 7.69. The molecule has 0 bridgehead atoms. The molecule has 0 spiro atoms. The van der Waals surface area contributed by atoms with E-state index in [4.69, 9.17) is 4.74 Å². The van der Waals surface area contributed by atoms with Gasteiger partial charge in [0.25, 0.3) is 0 Å². The molecule has 1 aliphatic rings. The summed E-state index contributed by atoms with van der Waals surface area (Å²) in [7, 11) is 0. The third-order valence-corrected chi connectivity index (χ3v) is 5.30. The minimum absolute atomic E-state index is 0.252. The molecule has 21 heavy (non-hydrogen) atoms. The molecular weight excluding hydrogens is 282 g/mol. The van der Waals surface area contributed by atoms with Crippen molar-refractivity contribution in [1.82, 2.24) is 4.90 Å². The van der Waals surface area contributed by atoms with Crippen molar-refractivity contribution in [2.45, 2.75) is 37.1 Å². The Hall–Kier alpha value is -0.840. The molecule has 0 radical (unpaired) electrons. The summed E-state index contributed by atoms with van der Waals surface area (Å²) in [6.07, 6.45) is 3.73. The van der Waals surface area contributed by atoms with Crippen molar-refractivity contribution in [3.8, 4) is 0 Å². The summed E-state index contributed by atoms with van der Waals surface area (Å²) in [5.74, 6) is 0.252. The average Bonchev–Trinajstić information content (AvgIpc) is 2.57. The Morgan fingerprint density at radius 2 is 1.76 bits per heavy atom. The molecule has 0 aliphatic carbocycles. The molecule has 1 heterocycles. The number of nitrogens with zero attached hydrogens (tertiary/aromatic N) is 1. The van der Waals surface area contributed by atoms with Crippen LogP contribution in [0.3, 0.4) is 0 Å². The zero-order valence-electron chi connectivity index (χ0n) is 13.2. The second-order valence-electron chi connectivity index (χ2n) is 5.40. The molecule has 1 aromatic rings. The summed E-state index contributed by atoms with van der Waals surface area (Å²) in [5.41, 5.74) is 0.438. The predicted molar refractivity (Wildman–Crippen MR) is 88.3 cm³/mol. The summed E-state index contributed by atoms with van der Waals surface area (Å²) in [5, 5.41) is 0. The van der Waals surface area contributed by atoms with Gasteiger partial charge in [0, 0.05) is 23.5 Å². The number of carbonyl (C=O) groups is 1. The topological polar surface area (TPSA) is 29.5 Å². The minimum Gasteiger partial charge on any atom is -0.379 e. The Morgan fingerprint density at radius 3 is 2.24 bits per heavy atom. The van der Waals surface area contributed by atoms with Crippen molar-refractivity contribution < 1.29 is 9.53 Å². The van der Waals surface area contributed by atoms with Crippen LogP contribution < -0.4 is 0 Å². The highest BCUT2D eigenvalue weighted by Gasteiger charge is 2.41. The van der Waals surface area contributed by atoms with Gasteiger partial charge in [-0.1, -0.05) is 26.0 Å². The van der Waals surface area contributed by atoms with Crippen LogP contribution in [-0.2, 0) is 4.74 Å². The zero-order valence-corrected chi connectivity index (χ0v) is 14.0. The van der Waals surface area contributed by atoms with E-state index in [1.165, 1.54) is 4.90 Å². The zero-order chi connectivity index (χ0) is 15.3. The molecule has 1 saturated heterocycles. The Morgan fingerprint density at radius 1 is 1.19 bits per heavy atom. The molecule has 0 atom stereocenters. The van der Waals surface area contributed by atoms with Gasteiger partial charge in [-0.2, -0.15) is 0 Å². The average molecular weight is 307 g/mol. The third kappa shape index (κ3) is 3.33. The number of thioether (sulfide) groups is 1. The summed E-state index contributed by atoms with van der Waals surface area (Å²) >= 11 is 1.70. The lowest BCUT2D eigenvalue weighted by Crippen LogP contribution is -2.57. The number of Topliss-reactive ketones (excluding diaryl/α,β-unsaturated/α-hetero) is 1. The van der Waals surface area contributed by atoms with Crippen LogP contribution in [0.5, 0.6) is 0 Å². The van der Waals surface area contributed by atoms with E-state index >= 15 is 0 Å². The van der Waals surface area contributed by atoms with E-state index in [-0.39, 0.29) is 11.3 Å². The normalized spacial score (nSPS) is 16.9. The van der Waals surface area contributed by atoms with Crippen LogP contribution in [0.4, 0.5) is 0 Å². The van der Waals surface area contributed by atoms with Crippen LogP contribution in [0.1, 0.15) is 37.0 Å². The highest BCUT2D eigenvalue weighted by Crippen LogP contribution is 2.30. The van der Waals surface area contributed by atoms with Gasteiger partial charge in [-0.05, 0) is 31.2 Å². The number of hydrogen-bond donors (Lipinski definition) is 0. The van der Waals surface area contributed by atoms with Crippen LogP contribution in [0, 0.1) is 0 Å². The second kappa shape index (κ2) is 7.43. The summed E-state index contributed by atoms with van der Waals surface area (Å²) in [6, 6.07) is 8.00. The van der Waals surface area contributed by atoms with Gasteiger partial charge >= 0.3 is 0 Å². The number of rotatable bonds is 6. The van der Waals surface area contributed by atoms with Crippen LogP contribution in [-0.4, -0.2) is 48.8 Å². The van der Waals surface area contributed by atoms with E-state index in [1.54, 1.807) is 11.8 Å². The number of carbonyl (C=O) groups excluding carboxylic acids is 1. The predicted octanol–water partition coefficient (Wildman–Crippen LogP) is 3.48. The van der Waals surface area contributed by atoms with Crippen LogP contribution in [0.25, 0.3) is 0 Å². The first-order valence-corrected chi connectivity index (χ1v) is 8.92. The largest absolute Gasteiger partial charge is 0.379 e. The molecule has 0 unspecified atom stereocenters. The van der Waals surface area contributed by atoms with E-state index in [2.05, 4.69) is 18.7 Å². The maximum atomic E-state index is 13.1.